The van der Waals surface area contributed by atoms with E-state index in [0.717, 1.165) is 4.47 Å². The molecule has 0 heterocycles. The Morgan fingerprint density at radius 2 is 1.55 bits per heavy atom. The fourth-order valence-corrected chi connectivity index (χ4v) is 3.20. The van der Waals surface area contributed by atoms with Crippen molar-refractivity contribution in [3.05, 3.63) is 108 Å². The van der Waals surface area contributed by atoms with E-state index in [1.165, 1.54) is 30.3 Å². The van der Waals surface area contributed by atoms with Crippen molar-refractivity contribution in [1.82, 2.24) is 0 Å². The normalized spacial score (nSPS) is 11.2. The minimum atomic E-state index is -0.517. The number of ether oxygens (including phenoxy) is 1. The van der Waals surface area contributed by atoms with Crippen LogP contribution in [-0.2, 0) is 0 Å². The van der Waals surface area contributed by atoms with Crippen molar-refractivity contribution >= 4 is 56.7 Å². The number of nitrogens with zero attached hydrogens (tertiary/aromatic N) is 1. The number of hydrogen-bond donors (Lipinski definition) is 0. The molecule has 0 spiro atoms. The second kappa shape index (κ2) is 9.22. The van der Waals surface area contributed by atoms with Gasteiger partial charge >= 0.3 is 0 Å². The van der Waals surface area contributed by atoms with Crippen LogP contribution in [0.5, 0.6) is 5.75 Å². The average Bonchev–Trinajstić information content (AvgIpc) is 2.70. The fourth-order valence-electron chi connectivity index (χ4n) is 2.43. The van der Waals surface area contributed by atoms with Gasteiger partial charge in [0.15, 0.2) is 5.76 Å². The summed E-state index contributed by atoms with van der Waals surface area (Å²) in [6.07, 6.45) is 1.45. The van der Waals surface area contributed by atoms with Crippen LogP contribution in [0.3, 0.4) is 0 Å². The standard InChI is InChI=1S/C21H12BrCl2NO4/c22-14-6-4-13(5-7-14)21(26)20(12-17-18(23)2-1-3-19(17)24)29-16-10-8-15(9-11-16)25(27)28/h1-12H/b20-12+. The lowest BCUT2D eigenvalue weighted by Crippen LogP contribution is -2.10. The third-order valence-corrected chi connectivity index (χ3v) is 5.07. The Labute approximate surface area is 184 Å². The molecule has 0 saturated carbocycles. The van der Waals surface area contributed by atoms with Crippen LogP contribution in [0.1, 0.15) is 15.9 Å². The molecule has 0 N–H and O–H groups in total. The Morgan fingerprint density at radius 3 is 2.10 bits per heavy atom. The highest BCUT2D eigenvalue weighted by atomic mass is 79.9. The van der Waals surface area contributed by atoms with Crippen molar-refractivity contribution in [1.29, 1.82) is 0 Å². The number of hydrogen-bond acceptors (Lipinski definition) is 4. The fraction of sp³-hybridized carbons (Fsp3) is 0. The number of ketones is 1. The van der Waals surface area contributed by atoms with E-state index < -0.39 is 10.7 Å². The summed E-state index contributed by atoms with van der Waals surface area (Å²) < 4.78 is 6.59. The first-order valence-electron chi connectivity index (χ1n) is 8.23. The van der Waals surface area contributed by atoms with Crippen LogP contribution in [0.25, 0.3) is 6.08 Å². The van der Waals surface area contributed by atoms with E-state index in [1.54, 1.807) is 42.5 Å². The minimum absolute atomic E-state index is 0.0313. The Morgan fingerprint density at radius 1 is 0.966 bits per heavy atom. The second-order valence-electron chi connectivity index (χ2n) is 5.83. The average molecular weight is 493 g/mol. The van der Waals surface area contributed by atoms with Crippen molar-refractivity contribution in [2.45, 2.75) is 0 Å². The van der Waals surface area contributed by atoms with Gasteiger partial charge in [-0.25, -0.2) is 0 Å². The zero-order valence-corrected chi connectivity index (χ0v) is 17.7. The van der Waals surface area contributed by atoms with Crippen molar-refractivity contribution in [3.63, 3.8) is 0 Å². The van der Waals surface area contributed by atoms with Crippen molar-refractivity contribution in [3.8, 4) is 5.75 Å². The van der Waals surface area contributed by atoms with E-state index in [-0.39, 0.29) is 17.2 Å². The molecule has 0 fully saturated rings. The molecule has 5 nitrogen and oxygen atoms in total. The predicted octanol–water partition coefficient (Wildman–Crippen LogP) is 6.97. The van der Waals surface area contributed by atoms with Gasteiger partial charge in [-0.1, -0.05) is 45.2 Å². The van der Waals surface area contributed by atoms with Gasteiger partial charge in [-0.3, -0.25) is 14.9 Å². The number of halogens is 3. The molecule has 0 atom stereocenters. The van der Waals surface area contributed by atoms with Gasteiger partial charge in [0, 0.05) is 37.8 Å². The zero-order chi connectivity index (χ0) is 21.0. The highest BCUT2D eigenvalue weighted by molar-refractivity contribution is 9.10. The molecule has 146 valence electrons. The Kier molecular flexibility index (Phi) is 6.69. The second-order valence-corrected chi connectivity index (χ2v) is 7.56. The molecule has 3 aromatic rings. The van der Waals surface area contributed by atoms with Crippen LogP contribution in [0.15, 0.2) is 77.0 Å². The van der Waals surface area contributed by atoms with Gasteiger partial charge in [0.2, 0.25) is 5.78 Å². The number of rotatable bonds is 6. The molecule has 0 aromatic heterocycles. The number of benzene rings is 3. The number of carbonyl (C=O) groups is 1. The van der Waals surface area contributed by atoms with Crippen molar-refractivity contribution < 1.29 is 14.5 Å². The van der Waals surface area contributed by atoms with E-state index in [4.69, 9.17) is 27.9 Å². The highest BCUT2D eigenvalue weighted by Gasteiger charge is 2.17. The zero-order valence-electron chi connectivity index (χ0n) is 14.6. The number of allylic oxidation sites excluding steroid dienone is 1. The van der Waals surface area contributed by atoms with Crippen molar-refractivity contribution in [2.24, 2.45) is 0 Å². The lowest BCUT2D eigenvalue weighted by molar-refractivity contribution is -0.384. The molecule has 0 aliphatic rings. The molecule has 0 saturated heterocycles. The number of nitro benzene ring substituents is 1. The van der Waals surface area contributed by atoms with Crippen LogP contribution in [0.4, 0.5) is 5.69 Å². The predicted molar refractivity (Wildman–Crippen MR) is 117 cm³/mol. The van der Waals surface area contributed by atoms with E-state index in [0.29, 0.717) is 21.2 Å². The first kappa shape index (κ1) is 21.0. The topological polar surface area (TPSA) is 69.4 Å². The van der Waals surface area contributed by atoms with E-state index in [9.17, 15) is 14.9 Å². The summed E-state index contributed by atoms with van der Waals surface area (Å²) in [6.45, 7) is 0. The molecule has 0 aliphatic heterocycles. The van der Waals surface area contributed by atoms with Gasteiger partial charge < -0.3 is 4.74 Å². The number of Topliss-reactive ketones (excluding diaryl/α,β-unsaturated/α-hetero) is 1. The molecule has 8 heteroatoms. The maximum atomic E-state index is 13.1. The van der Waals surface area contributed by atoms with Gasteiger partial charge in [-0.15, -0.1) is 0 Å². The van der Waals surface area contributed by atoms with Gasteiger partial charge in [-0.2, -0.15) is 0 Å². The molecule has 3 rings (SSSR count). The third kappa shape index (κ3) is 5.23. The van der Waals surface area contributed by atoms with E-state index >= 15 is 0 Å². The van der Waals surface area contributed by atoms with Crippen LogP contribution in [-0.4, -0.2) is 10.7 Å². The summed E-state index contributed by atoms with van der Waals surface area (Å²) >= 11 is 15.8. The van der Waals surface area contributed by atoms with Crippen molar-refractivity contribution in [2.75, 3.05) is 0 Å². The van der Waals surface area contributed by atoms with E-state index in [1.807, 2.05) is 0 Å². The lowest BCUT2D eigenvalue weighted by atomic mass is 10.1. The first-order valence-corrected chi connectivity index (χ1v) is 9.78. The SMILES string of the molecule is O=C(/C(=C\c1c(Cl)cccc1Cl)Oc1ccc([N+](=O)[O-])cc1)c1ccc(Br)cc1. The smallest absolute Gasteiger partial charge is 0.269 e. The Hall–Kier alpha value is -2.67. The molecule has 29 heavy (non-hydrogen) atoms. The number of nitro groups is 1. The highest BCUT2D eigenvalue weighted by Crippen LogP contribution is 2.29. The molecule has 0 amide bonds. The molecule has 3 aromatic carbocycles. The van der Waals surface area contributed by atoms with Crippen LogP contribution < -0.4 is 4.74 Å². The first-order chi connectivity index (χ1) is 13.8. The number of carbonyl (C=O) groups excluding carboxylic acids is 1. The molecular formula is C21H12BrCl2NO4. The molecular weight excluding hydrogens is 481 g/mol. The summed E-state index contributed by atoms with van der Waals surface area (Å²) in [5.41, 5.74) is 0.735. The van der Waals surface area contributed by atoms with Crippen LogP contribution in [0.2, 0.25) is 10.0 Å². The van der Waals surface area contributed by atoms with Gasteiger partial charge in [0.25, 0.3) is 5.69 Å². The van der Waals surface area contributed by atoms with Gasteiger partial charge in [0.05, 0.1) is 4.92 Å². The van der Waals surface area contributed by atoms with Gasteiger partial charge in [0.1, 0.15) is 5.75 Å². The number of non-ortho nitro benzene ring substituents is 1. The maximum Gasteiger partial charge on any atom is 0.269 e. The monoisotopic (exact) mass is 491 g/mol. The molecule has 0 radical (unpaired) electrons. The largest absolute Gasteiger partial charge is 0.453 e. The maximum absolute atomic E-state index is 13.1. The minimum Gasteiger partial charge on any atom is -0.453 e. The Balaban J connectivity index is 2.03. The summed E-state index contributed by atoms with van der Waals surface area (Å²) in [4.78, 5) is 23.4. The summed E-state index contributed by atoms with van der Waals surface area (Å²) in [6, 6.07) is 17.2. The van der Waals surface area contributed by atoms with Crippen LogP contribution in [0, 0.1) is 10.1 Å². The quantitative estimate of drug-likeness (QED) is 0.122. The molecule has 0 aliphatic carbocycles. The lowest BCUT2D eigenvalue weighted by Gasteiger charge is -2.11. The summed E-state index contributed by atoms with van der Waals surface area (Å²) in [5, 5.41) is 11.5. The molecule has 0 bridgehead atoms. The van der Waals surface area contributed by atoms with Crippen LogP contribution >= 0.6 is 39.1 Å². The summed E-state index contributed by atoms with van der Waals surface area (Å²) in [7, 11) is 0. The summed E-state index contributed by atoms with van der Waals surface area (Å²) in [5.74, 6) is -0.168. The Bertz CT molecular complexity index is 1080. The third-order valence-electron chi connectivity index (χ3n) is 3.88. The van der Waals surface area contributed by atoms with Gasteiger partial charge in [-0.05, 0) is 54.6 Å². The molecule has 0 unspecified atom stereocenters. The van der Waals surface area contributed by atoms with E-state index in [2.05, 4.69) is 15.9 Å².